The van der Waals surface area contributed by atoms with Gasteiger partial charge in [-0.15, -0.1) is 0 Å². The Morgan fingerprint density at radius 2 is 2.36 bits per heavy atom. The summed E-state index contributed by atoms with van der Waals surface area (Å²) in [4.78, 5) is 4.43. The van der Waals surface area contributed by atoms with E-state index in [9.17, 15) is 0 Å². The lowest BCUT2D eigenvalue weighted by Gasteiger charge is -2.19. The van der Waals surface area contributed by atoms with Gasteiger partial charge in [0.15, 0.2) is 0 Å². The molecular formula is C9H14IN. The Morgan fingerprint density at radius 3 is 2.91 bits per heavy atom. The molecule has 0 saturated heterocycles. The summed E-state index contributed by atoms with van der Waals surface area (Å²) in [6.45, 7) is 4.43. The van der Waals surface area contributed by atoms with E-state index in [2.05, 4.69) is 41.4 Å². The minimum Gasteiger partial charge on any atom is -0.265 e. The highest BCUT2D eigenvalue weighted by Crippen LogP contribution is 2.26. The van der Waals surface area contributed by atoms with Crippen LogP contribution in [-0.4, -0.2) is 5.71 Å². The van der Waals surface area contributed by atoms with Crippen molar-refractivity contribution in [1.29, 1.82) is 0 Å². The van der Waals surface area contributed by atoms with Crippen LogP contribution in [0.2, 0.25) is 0 Å². The number of aliphatic imine (C=N–C) groups is 1. The van der Waals surface area contributed by atoms with E-state index in [4.69, 9.17) is 0 Å². The van der Waals surface area contributed by atoms with Crippen molar-refractivity contribution < 1.29 is 0 Å². The Labute approximate surface area is 82.1 Å². The Kier molecular flexibility index (Phi) is 3.55. The average Bonchev–Trinajstić information content (AvgIpc) is 2.04. The van der Waals surface area contributed by atoms with Crippen molar-refractivity contribution in [3.63, 3.8) is 0 Å². The maximum Gasteiger partial charge on any atom is 0.0360 e. The number of rotatable bonds is 2. The summed E-state index contributed by atoms with van der Waals surface area (Å²) in [6.07, 6.45) is 5.56. The van der Waals surface area contributed by atoms with E-state index in [-0.39, 0.29) is 0 Å². The van der Waals surface area contributed by atoms with Crippen molar-refractivity contribution >= 4 is 28.3 Å². The smallest absolute Gasteiger partial charge is 0.0360 e. The summed E-state index contributed by atoms with van der Waals surface area (Å²) in [6, 6.07) is 0. The third kappa shape index (κ3) is 2.29. The molecule has 0 aromatic carbocycles. The number of hydrogen-bond donors (Lipinski definition) is 0. The zero-order valence-electron chi connectivity index (χ0n) is 7.10. The van der Waals surface area contributed by atoms with E-state index in [1.807, 2.05) is 6.20 Å². The van der Waals surface area contributed by atoms with Crippen LogP contribution in [0.5, 0.6) is 0 Å². The quantitative estimate of drug-likeness (QED) is 0.676. The third-order valence-electron chi connectivity index (χ3n) is 2.14. The molecule has 0 radical (unpaired) electrons. The molecule has 0 aromatic heterocycles. The molecule has 0 unspecified atom stereocenters. The molecule has 0 fully saturated rings. The molecule has 0 bridgehead atoms. The van der Waals surface area contributed by atoms with E-state index in [0.717, 1.165) is 12.3 Å². The largest absolute Gasteiger partial charge is 0.265 e. The highest BCUT2D eigenvalue weighted by atomic mass is 127. The van der Waals surface area contributed by atoms with Crippen LogP contribution in [0, 0.1) is 5.92 Å². The van der Waals surface area contributed by atoms with Gasteiger partial charge in [-0.1, -0.05) is 13.8 Å². The predicted molar refractivity (Wildman–Crippen MR) is 58.2 cm³/mol. The Bertz CT molecular complexity index is 194. The first-order chi connectivity index (χ1) is 5.27. The molecule has 1 rings (SSSR count). The summed E-state index contributed by atoms with van der Waals surface area (Å²) in [7, 11) is 0. The number of nitrogens with zero attached hydrogens (tertiary/aromatic N) is 1. The van der Waals surface area contributed by atoms with Crippen LogP contribution in [0.25, 0.3) is 0 Å². The van der Waals surface area contributed by atoms with Crippen LogP contribution >= 0.6 is 22.6 Å². The maximum atomic E-state index is 4.43. The maximum absolute atomic E-state index is 4.43. The molecular weight excluding hydrogens is 249 g/mol. The lowest BCUT2D eigenvalue weighted by atomic mass is 9.93. The summed E-state index contributed by atoms with van der Waals surface area (Å²) < 4.78 is 1.40. The van der Waals surface area contributed by atoms with Crippen molar-refractivity contribution in [2.45, 2.75) is 33.1 Å². The van der Waals surface area contributed by atoms with Gasteiger partial charge in [-0.05, 0) is 41.9 Å². The molecule has 1 heterocycles. The minimum absolute atomic E-state index is 0.719. The summed E-state index contributed by atoms with van der Waals surface area (Å²) in [5, 5.41) is 0. The summed E-state index contributed by atoms with van der Waals surface area (Å²) in [5.74, 6) is 0.719. The number of allylic oxidation sites excluding steroid dienone is 1. The SMILES string of the molecule is CCC1=NC=C(I)C[C@H]1CC. The van der Waals surface area contributed by atoms with Gasteiger partial charge in [0.2, 0.25) is 0 Å². The normalized spacial score (nSPS) is 24.5. The second-order valence-electron chi connectivity index (χ2n) is 2.86. The molecule has 62 valence electrons. The van der Waals surface area contributed by atoms with Gasteiger partial charge in [-0.2, -0.15) is 0 Å². The standard InChI is InChI=1S/C9H14IN/c1-3-7-5-8(10)6-11-9(7)4-2/h6-7H,3-5H2,1-2H3/t7-/m1/s1. The molecule has 11 heavy (non-hydrogen) atoms. The van der Waals surface area contributed by atoms with Crippen LogP contribution in [0.4, 0.5) is 0 Å². The Balaban J connectivity index is 2.71. The molecule has 1 nitrogen and oxygen atoms in total. The van der Waals surface area contributed by atoms with Crippen LogP contribution in [0.3, 0.4) is 0 Å². The van der Waals surface area contributed by atoms with Crippen LogP contribution in [0.15, 0.2) is 14.8 Å². The van der Waals surface area contributed by atoms with Crippen LogP contribution in [0.1, 0.15) is 33.1 Å². The first-order valence-corrected chi connectivity index (χ1v) is 5.26. The fourth-order valence-electron chi connectivity index (χ4n) is 1.42. The summed E-state index contributed by atoms with van der Waals surface area (Å²) in [5.41, 5.74) is 1.38. The van der Waals surface area contributed by atoms with Gasteiger partial charge in [0.1, 0.15) is 0 Å². The Hall–Kier alpha value is 0.140. The van der Waals surface area contributed by atoms with E-state index in [1.54, 1.807) is 0 Å². The second-order valence-corrected chi connectivity index (χ2v) is 4.24. The van der Waals surface area contributed by atoms with Crippen molar-refractivity contribution in [2.24, 2.45) is 10.9 Å². The topological polar surface area (TPSA) is 12.4 Å². The first-order valence-electron chi connectivity index (χ1n) is 4.19. The molecule has 0 N–H and O–H groups in total. The average molecular weight is 263 g/mol. The van der Waals surface area contributed by atoms with E-state index >= 15 is 0 Å². The van der Waals surface area contributed by atoms with Crippen LogP contribution < -0.4 is 0 Å². The lowest BCUT2D eigenvalue weighted by molar-refractivity contribution is 0.655. The fraction of sp³-hybridized carbons (Fsp3) is 0.667. The van der Waals surface area contributed by atoms with Gasteiger partial charge in [0, 0.05) is 21.4 Å². The van der Waals surface area contributed by atoms with Crippen molar-refractivity contribution in [3.8, 4) is 0 Å². The number of halogens is 1. The zero-order chi connectivity index (χ0) is 8.27. The molecule has 1 aliphatic rings. The van der Waals surface area contributed by atoms with Crippen molar-refractivity contribution in [2.75, 3.05) is 0 Å². The molecule has 1 atom stereocenters. The molecule has 0 amide bonds. The minimum atomic E-state index is 0.719. The Morgan fingerprint density at radius 1 is 1.64 bits per heavy atom. The van der Waals surface area contributed by atoms with Crippen molar-refractivity contribution in [1.82, 2.24) is 0 Å². The fourth-order valence-corrected chi connectivity index (χ4v) is 2.10. The van der Waals surface area contributed by atoms with E-state index in [0.29, 0.717) is 0 Å². The second kappa shape index (κ2) is 4.24. The molecule has 1 aliphatic heterocycles. The molecule has 0 saturated carbocycles. The third-order valence-corrected chi connectivity index (χ3v) is 2.86. The van der Waals surface area contributed by atoms with Gasteiger partial charge < -0.3 is 0 Å². The monoisotopic (exact) mass is 263 g/mol. The highest BCUT2D eigenvalue weighted by Gasteiger charge is 2.16. The lowest BCUT2D eigenvalue weighted by Crippen LogP contribution is -2.15. The molecule has 0 aliphatic carbocycles. The van der Waals surface area contributed by atoms with E-state index < -0.39 is 0 Å². The van der Waals surface area contributed by atoms with E-state index in [1.165, 1.54) is 22.1 Å². The first kappa shape index (κ1) is 9.23. The van der Waals surface area contributed by atoms with Gasteiger partial charge in [0.05, 0.1) is 0 Å². The highest BCUT2D eigenvalue weighted by molar-refractivity contribution is 14.1. The van der Waals surface area contributed by atoms with Gasteiger partial charge in [-0.3, -0.25) is 4.99 Å². The predicted octanol–water partition coefficient (Wildman–Crippen LogP) is 3.54. The van der Waals surface area contributed by atoms with Crippen LogP contribution in [-0.2, 0) is 0 Å². The van der Waals surface area contributed by atoms with Crippen molar-refractivity contribution in [3.05, 3.63) is 9.78 Å². The number of hydrogen-bond acceptors (Lipinski definition) is 1. The van der Waals surface area contributed by atoms with Gasteiger partial charge >= 0.3 is 0 Å². The van der Waals surface area contributed by atoms with Gasteiger partial charge in [-0.25, -0.2) is 0 Å². The van der Waals surface area contributed by atoms with Gasteiger partial charge in [0.25, 0.3) is 0 Å². The molecule has 2 heteroatoms. The molecule has 0 aromatic rings. The summed E-state index contributed by atoms with van der Waals surface area (Å²) >= 11 is 2.38. The molecule has 0 spiro atoms. The zero-order valence-corrected chi connectivity index (χ0v) is 9.26.